The maximum atomic E-state index is 10.9. The summed E-state index contributed by atoms with van der Waals surface area (Å²) in [6, 6.07) is 4.76. The Labute approximate surface area is 86.5 Å². The number of benzene rings is 1. The fourth-order valence-corrected chi connectivity index (χ4v) is 1.10. The molecule has 0 spiro atoms. The molecule has 0 atom stereocenters. The molecule has 1 aromatic rings. The van der Waals surface area contributed by atoms with Crippen molar-refractivity contribution in [2.24, 2.45) is 5.11 Å². The van der Waals surface area contributed by atoms with E-state index in [1.54, 1.807) is 18.2 Å². The van der Waals surface area contributed by atoms with E-state index in [0.29, 0.717) is 17.1 Å². The van der Waals surface area contributed by atoms with Gasteiger partial charge in [0.25, 0.3) is 0 Å². The van der Waals surface area contributed by atoms with E-state index in [1.807, 2.05) is 0 Å². The van der Waals surface area contributed by atoms with Gasteiger partial charge in [-0.05, 0) is 23.7 Å². The predicted molar refractivity (Wildman–Crippen MR) is 56.1 cm³/mol. The molecule has 0 aromatic heterocycles. The molecule has 1 aromatic carbocycles. The van der Waals surface area contributed by atoms with Crippen molar-refractivity contribution in [1.82, 2.24) is 0 Å². The Morgan fingerprint density at radius 3 is 2.87 bits per heavy atom. The molecule has 0 fully saturated rings. The van der Waals surface area contributed by atoms with Crippen molar-refractivity contribution in [3.8, 4) is 5.75 Å². The summed E-state index contributed by atoms with van der Waals surface area (Å²) in [5.41, 5.74) is 9.16. The molecule has 78 valence electrons. The molecular weight excluding hydrogens is 196 g/mol. The van der Waals surface area contributed by atoms with Crippen LogP contribution in [0.3, 0.4) is 0 Å². The van der Waals surface area contributed by atoms with Crippen molar-refractivity contribution in [3.63, 3.8) is 0 Å². The van der Waals surface area contributed by atoms with Crippen molar-refractivity contribution in [3.05, 3.63) is 28.6 Å². The molecule has 0 aliphatic carbocycles. The molecule has 1 amide bonds. The maximum Gasteiger partial charge on any atom is 0.221 e. The van der Waals surface area contributed by atoms with Crippen LogP contribution in [0.25, 0.3) is 10.4 Å². The molecule has 0 aliphatic rings. The fourth-order valence-electron chi connectivity index (χ4n) is 1.10. The summed E-state index contributed by atoms with van der Waals surface area (Å²) in [7, 11) is 1.49. The number of rotatable bonds is 3. The van der Waals surface area contributed by atoms with Crippen LogP contribution < -0.4 is 10.1 Å². The first-order valence-corrected chi connectivity index (χ1v) is 4.18. The zero-order chi connectivity index (χ0) is 11.3. The molecule has 1 N–H and O–H groups in total. The van der Waals surface area contributed by atoms with Crippen LogP contribution in [-0.2, 0) is 4.79 Å². The summed E-state index contributed by atoms with van der Waals surface area (Å²) in [5.74, 6) is 0.300. The highest BCUT2D eigenvalue weighted by Gasteiger charge is 2.04. The van der Waals surface area contributed by atoms with Gasteiger partial charge in [0, 0.05) is 17.5 Å². The van der Waals surface area contributed by atoms with Crippen molar-refractivity contribution in [2.45, 2.75) is 6.92 Å². The molecule has 0 radical (unpaired) electrons. The zero-order valence-corrected chi connectivity index (χ0v) is 8.39. The van der Waals surface area contributed by atoms with E-state index in [-0.39, 0.29) is 5.91 Å². The minimum atomic E-state index is -0.216. The first-order valence-electron chi connectivity index (χ1n) is 4.18. The molecule has 0 saturated carbocycles. The van der Waals surface area contributed by atoms with Gasteiger partial charge < -0.3 is 10.1 Å². The first kappa shape index (κ1) is 10.9. The molecule has 1 rings (SSSR count). The Kier molecular flexibility index (Phi) is 3.54. The Morgan fingerprint density at radius 2 is 2.33 bits per heavy atom. The van der Waals surface area contributed by atoms with Crippen LogP contribution in [0.15, 0.2) is 23.3 Å². The number of amides is 1. The SMILES string of the molecule is COc1ccc(N=[N+]=[N-])cc1NC(C)=O. The lowest BCUT2D eigenvalue weighted by molar-refractivity contribution is -0.114. The Bertz CT molecular complexity index is 424. The molecule has 0 aliphatic heterocycles. The maximum absolute atomic E-state index is 10.9. The lowest BCUT2D eigenvalue weighted by atomic mass is 10.2. The summed E-state index contributed by atoms with van der Waals surface area (Å²) in [5, 5.41) is 6.00. The minimum absolute atomic E-state index is 0.216. The summed E-state index contributed by atoms with van der Waals surface area (Å²) in [6.45, 7) is 1.39. The molecule has 0 saturated heterocycles. The lowest BCUT2D eigenvalue weighted by Crippen LogP contribution is -2.06. The topological polar surface area (TPSA) is 87.1 Å². The van der Waals surface area contributed by atoms with Gasteiger partial charge in [0.15, 0.2) is 0 Å². The highest BCUT2D eigenvalue weighted by molar-refractivity contribution is 5.91. The summed E-state index contributed by atoms with van der Waals surface area (Å²) in [4.78, 5) is 13.5. The van der Waals surface area contributed by atoms with Gasteiger partial charge in [0.05, 0.1) is 12.8 Å². The van der Waals surface area contributed by atoms with Crippen LogP contribution in [0.1, 0.15) is 6.92 Å². The van der Waals surface area contributed by atoms with E-state index >= 15 is 0 Å². The van der Waals surface area contributed by atoms with Crippen molar-refractivity contribution >= 4 is 17.3 Å². The van der Waals surface area contributed by atoms with E-state index in [4.69, 9.17) is 10.3 Å². The van der Waals surface area contributed by atoms with Gasteiger partial charge in [-0.1, -0.05) is 5.11 Å². The van der Waals surface area contributed by atoms with Crippen LogP contribution in [0.2, 0.25) is 0 Å². The number of hydrogen-bond donors (Lipinski definition) is 1. The lowest BCUT2D eigenvalue weighted by Gasteiger charge is -2.08. The number of nitrogens with one attached hydrogen (secondary N) is 1. The molecule has 0 unspecified atom stereocenters. The third-order valence-corrected chi connectivity index (χ3v) is 1.65. The van der Waals surface area contributed by atoms with Gasteiger partial charge in [-0.2, -0.15) is 0 Å². The van der Waals surface area contributed by atoms with Crippen LogP contribution >= 0.6 is 0 Å². The first-order chi connectivity index (χ1) is 7.17. The number of nitrogens with zero attached hydrogens (tertiary/aromatic N) is 3. The number of azide groups is 1. The fraction of sp³-hybridized carbons (Fsp3) is 0.222. The predicted octanol–water partition coefficient (Wildman–Crippen LogP) is 2.60. The number of carbonyl (C=O) groups excluding carboxylic acids is 1. The van der Waals surface area contributed by atoms with Crippen LogP contribution in [-0.4, -0.2) is 13.0 Å². The van der Waals surface area contributed by atoms with Gasteiger partial charge in [0.2, 0.25) is 5.91 Å². The molecule has 0 bridgehead atoms. The molecule has 6 heteroatoms. The normalized spacial score (nSPS) is 8.93. The van der Waals surface area contributed by atoms with Crippen LogP contribution in [0.4, 0.5) is 11.4 Å². The average Bonchev–Trinajstić information content (AvgIpc) is 2.18. The van der Waals surface area contributed by atoms with Gasteiger partial charge in [0.1, 0.15) is 5.75 Å². The number of ether oxygens (including phenoxy) is 1. The third-order valence-electron chi connectivity index (χ3n) is 1.65. The van der Waals surface area contributed by atoms with E-state index in [0.717, 1.165) is 0 Å². The highest BCUT2D eigenvalue weighted by Crippen LogP contribution is 2.29. The van der Waals surface area contributed by atoms with Gasteiger partial charge >= 0.3 is 0 Å². The van der Waals surface area contributed by atoms with Crippen molar-refractivity contribution < 1.29 is 9.53 Å². The smallest absolute Gasteiger partial charge is 0.221 e. The Balaban J connectivity index is 3.12. The number of hydrogen-bond acceptors (Lipinski definition) is 3. The quantitative estimate of drug-likeness (QED) is 0.468. The van der Waals surface area contributed by atoms with Crippen molar-refractivity contribution in [2.75, 3.05) is 12.4 Å². The summed E-state index contributed by atoms with van der Waals surface area (Å²) < 4.78 is 5.03. The van der Waals surface area contributed by atoms with E-state index in [9.17, 15) is 4.79 Å². The van der Waals surface area contributed by atoms with Gasteiger partial charge in [-0.25, -0.2) is 0 Å². The summed E-state index contributed by atoms with van der Waals surface area (Å²) >= 11 is 0. The molecule has 6 nitrogen and oxygen atoms in total. The van der Waals surface area contributed by atoms with E-state index in [2.05, 4.69) is 15.3 Å². The van der Waals surface area contributed by atoms with Gasteiger partial charge in [-0.3, -0.25) is 4.79 Å². The second-order valence-corrected chi connectivity index (χ2v) is 2.76. The zero-order valence-electron chi connectivity index (χ0n) is 8.39. The van der Waals surface area contributed by atoms with Gasteiger partial charge in [-0.15, -0.1) is 0 Å². The minimum Gasteiger partial charge on any atom is -0.495 e. The van der Waals surface area contributed by atoms with Crippen molar-refractivity contribution in [1.29, 1.82) is 0 Å². The Hall–Kier alpha value is -2.20. The summed E-state index contributed by atoms with van der Waals surface area (Å²) in [6.07, 6.45) is 0. The second kappa shape index (κ2) is 4.88. The largest absolute Gasteiger partial charge is 0.495 e. The number of carbonyl (C=O) groups is 1. The average molecular weight is 206 g/mol. The molecule has 15 heavy (non-hydrogen) atoms. The standard InChI is InChI=1S/C9H10N4O2/c1-6(14)11-8-5-7(12-13-10)3-4-9(8)15-2/h3-5H,1-2H3,(H,11,14). The molecular formula is C9H10N4O2. The number of anilines is 1. The molecule has 0 heterocycles. The second-order valence-electron chi connectivity index (χ2n) is 2.76. The van der Waals surface area contributed by atoms with E-state index < -0.39 is 0 Å². The monoisotopic (exact) mass is 206 g/mol. The number of methoxy groups -OCH3 is 1. The van der Waals surface area contributed by atoms with E-state index in [1.165, 1.54) is 14.0 Å². The third kappa shape index (κ3) is 2.89. The highest BCUT2D eigenvalue weighted by atomic mass is 16.5. The Morgan fingerprint density at radius 1 is 1.60 bits per heavy atom. The van der Waals surface area contributed by atoms with Crippen LogP contribution in [0.5, 0.6) is 5.75 Å². The van der Waals surface area contributed by atoms with Crippen LogP contribution in [0, 0.1) is 0 Å².